The average Bonchev–Trinajstić information content (AvgIpc) is 3.20. The molecule has 0 spiro atoms. The van der Waals surface area contributed by atoms with Crippen molar-refractivity contribution in [3.05, 3.63) is 64.2 Å². The Morgan fingerprint density at radius 3 is 2.47 bits per heavy atom. The van der Waals surface area contributed by atoms with Crippen molar-refractivity contribution in [2.45, 2.75) is 71.8 Å². The van der Waals surface area contributed by atoms with E-state index in [1.54, 1.807) is 4.90 Å². The lowest BCUT2D eigenvalue weighted by Gasteiger charge is -2.42. The largest absolute Gasteiger partial charge is 0.380 e. The summed E-state index contributed by atoms with van der Waals surface area (Å²) < 4.78 is 0. The van der Waals surface area contributed by atoms with Crippen molar-refractivity contribution >= 4 is 23.4 Å². The molecule has 2 fully saturated rings. The Hall–Kier alpha value is -3.23. The third-order valence-electron chi connectivity index (χ3n) is 8.16. The second kappa shape index (κ2) is 10.5. The van der Waals surface area contributed by atoms with Crippen LogP contribution in [-0.4, -0.2) is 70.2 Å². The third-order valence-corrected chi connectivity index (χ3v) is 8.16. The maximum absolute atomic E-state index is 13.3. The highest BCUT2D eigenvalue weighted by Gasteiger charge is 2.40. The van der Waals surface area contributed by atoms with Gasteiger partial charge in [0.2, 0.25) is 11.8 Å². The van der Waals surface area contributed by atoms with E-state index in [4.69, 9.17) is 0 Å². The lowest BCUT2D eigenvalue weighted by molar-refractivity contribution is -0.136. The van der Waals surface area contributed by atoms with E-state index < -0.39 is 6.04 Å². The van der Waals surface area contributed by atoms with Crippen molar-refractivity contribution in [3.63, 3.8) is 0 Å². The molecular formula is C30H39N5O3. The Bertz CT molecular complexity index is 1240. The van der Waals surface area contributed by atoms with Gasteiger partial charge in [-0.25, -0.2) is 0 Å². The highest BCUT2D eigenvalue weighted by Crippen LogP contribution is 2.32. The van der Waals surface area contributed by atoms with Gasteiger partial charge in [0.05, 0.1) is 5.56 Å². The summed E-state index contributed by atoms with van der Waals surface area (Å²) in [4.78, 5) is 43.9. The third kappa shape index (κ3) is 5.47. The summed E-state index contributed by atoms with van der Waals surface area (Å²) in [6.45, 7) is 15.4. The Morgan fingerprint density at radius 2 is 1.79 bits per heavy atom. The number of benzene rings is 2. The minimum atomic E-state index is -0.605. The van der Waals surface area contributed by atoms with Crippen LogP contribution in [0.4, 0.5) is 5.69 Å². The summed E-state index contributed by atoms with van der Waals surface area (Å²) >= 11 is 0. The molecule has 3 aliphatic rings. The van der Waals surface area contributed by atoms with Crippen LogP contribution in [0.2, 0.25) is 0 Å². The summed E-state index contributed by atoms with van der Waals surface area (Å²) in [5, 5.41) is 5.83. The zero-order chi connectivity index (χ0) is 27.0. The average molecular weight is 518 g/mol. The monoisotopic (exact) mass is 517 g/mol. The summed E-state index contributed by atoms with van der Waals surface area (Å²) in [5.74, 6) is -0.818. The van der Waals surface area contributed by atoms with Crippen molar-refractivity contribution in [2.75, 3.05) is 31.5 Å². The lowest BCUT2D eigenvalue weighted by Crippen LogP contribution is -2.53. The van der Waals surface area contributed by atoms with E-state index in [0.717, 1.165) is 49.5 Å². The van der Waals surface area contributed by atoms with Crippen LogP contribution >= 0.6 is 0 Å². The minimum absolute atomic E-state index is 0.157. The van der Waals surface area contributed by atoms with Gasteiger partial charge in [0.25, 0.3) is 5.91 Å². The van der Waals surface area contributed by atoms with Gasteiger partial charge in [-0.05, 0) is 62.4 Å². The molecule has 2 N–H and O–H groups in total. The first-order chi connectivity index (χ1) is 18.1. The van der Waals surface area contributed by atoms with Crippen LogP contribution < -0.4 is 10.6 Å². The number of carbonyl (C=O) groups is 3. The predicted octanol–water partition coefficient (Wildman–Crippen LogP) is 3.28. The van der Waals surface area contributed by atoms with Crippen molar-refractivity contribution < 1.29 is 14.4 Å². The molecule has 0 saturated carbocycles. The minimum Gasteiger partial charge on any atom is -0.380 e. The maximum atomic E-state index is 13.3. The second-order valence-electron chi connectivity index (χ2n) is 11.8. The maximum Gasteiger partial charge on any atom is 0.257 e. The van der Waals surface area contributed by atoms with Crippen LogP contribution in [0.25, 0.3) is 0 Å². The highest BCUT2D eigenvalue weighted by molar-refractivity contribution is 6.07. The summed E-state index contributed by atoms with van der Waals surface area (Å²) in [6.07, 6.45) is 0.620. The quantitative estimate of drug-likeness (QED) is 0.572. The molecular weight excluding hydrogens is 478 g/mol. The Balaban J connectivity index is 1.21. The second-order valence-corrected chi connectivity index (χ2v) is 11.8. The fourth-order valence-corrected chi connectivity index (χ4v) is 5.82. The molecule has 0 radical (unpaired) electrons. The molecule has 0 aliphatic carbocycles. The van der Waals surface area contributed by atoms with Crippen molar-refractivity contribution in [3.8, 4) is 0 Å². The number of aryl methyl sites for hydroxylation is 1. The Labute approximate surface area is 225 Å². The number of imide groups is 1. The molecule has 2 aromatic rings. The van der Waals surface area contributed by atoms with Crippen LogP contribution in [0.5, 0.6) is 0 Å². The number of hydrogen-bond donors (Lipinski definition) is 2. The van der Waals surface area contributed by atoms with Gasteiger partial charge in [0.1, 0.15) is 6.04 Å². The smallest absolute Gasteiger partial charge is 0.257 e. The first kappa shape index (κ1) is 26.4. The van der Waals surface area contributed by atoms with Gasteiger partial charge in [-0.2, -0.15) is 0 Å². The fraction of sp³-hybridized carbons (Fsp3) is 0.500. The van der Waals surface area contributed by atoms with Crippen molar-refractivity contribution in [2.24, 2.45) is 0 Å². The molecule has 2 aromatic carbocycles. The number of anilines is 1. The van der Waals surface area contributed by atoms with Crippen LogP contribution in [0, 0.1) is 6.92 Å². The number of hydrogen-bond acceptors (Lipinski definition) is 6. The molecule has 0 bridgehead atoms. The van der Waals surface area contributed by atoms with Crippen molar-refractivity contribution in [1.82, 2.24) is 20.0 Å². The van der Waals surface area contributed by atoms with Crippen LogP contribution in [0.15, 0.2) is 36.4 Å². The number of rotatable bonds is 6. The first-order valence-corrected chi connectivity index (χ1v) is 13.7. The van der Waals surface area contributed by atoms with Gasteiger partial charge in [0, 0.05) is 63.5 Å². The van der Waals surface area contributed by atoms with Gasteiger partial charge in [-0.3, -0.25) is 29.5 Å². The predicted molar refractivity (Wildman–Crippen MR) is 148 cm³/mol. The van der Waals surface area contributed by atoms with E-state index in [-0.39, 0.29) is 29.7 Å². The lowest BCUT2D eigenvalue weighted by atomic mass is 10.0. The first-order valence-electron chi connectivity index (χ1n) is 13.7. The Morgan fingerprint density at radius 1 is 1.03 bits per heavy atom. The van der Waals surface area contributed by atoms with Gasteiger partial charge < -0.3 is 10.2 Å². The number of piperidine rings is 1. The molecule has 3 heterocycles. The SMILES string of the molecule is Cc1cc(CNc2cccc3c2C(=O)N(C2CCC(=O)NC2=O)C3)ccc1CN1CCN(C(C)(C)C)CC1. The van der Waals surface area contributed by atoms with Gasteiger partial charge >= 0.3 is 0 Å². The fourth-order valence-electron chi connectivity index (χ4n) is 5.82. The van der Waals surface area contributed by atoms with E-state index in [2.05, 4.69) is 66.3 Å². The van der Waals surface area contributed by atoms with Gasteiger partial charge in [-0.15, -0.1) is 0 Å². The number of piperazine rings is 1. The van der Waals surface area contributed by atoms with E-state index in [1.165, 1.54) is 11.1 Å². The molecule has 38 heavy (non-hydrogen) atoms. The van der Waals surface area contributed by atoms with Gasteiger partial charge in [0.15, 0.2) is 0 Å². The Kier molecular flexibility index (Phi) is 7.29. The molecule has 3 aliphatic heterocycles. The molecule has 202 valence electrons. The molecule has 8 nitrogen and oxygen atoms in total. The molecule has 1 unspecified atom stereocenters. The summed E-state index contributed by atoms with van der Waals surface area (Å²) in [5.41, 5.74) is 6.33. The normalized spacial score (nSPS) is 21.0. The zero-order valence-electron chi connectivity index (χ0n) is 23.0. The molecule has 0 aromatic heterocycles. The molecule has 2 saturated heterocycles. The number of nitrogens with zero attached hydrogens (tertiary/aromatic N) is 3. The number of fused-ring (bicyclic) bond motifs is 1. The van der Waals surface area contributed by atoms with Crippen molar-refractivity contribution in [1.29, 1.82) is 0 Å². The zero-order valence-corrected chi connectivity index (χ0v) is 23.0. The number of nitrogens with one attached hydrogen (secondary N) is 2. The summed E-state index contributed by atoms with van der Waals surface area (Å²) in [6, 6.07) is 11.8. The van der Waals surface area contributed by atoms with Crippen LogP contribution in [-0.2, 0) is 29.2 Å². The molecule has 8 heteroatoms. The van der Waals surface area contributed by atoms with E-state index in [9.17, 15) is 14.4 Å². The topological polar surface area (TPSA) is 85.0 Å². The number of amides is 3. The highest BCUT2D eigenvalue weighted by atomic mass is 16.2. The molecule has 5 rings (SSSR count). The van der Waals surface area contributed by atoms with Crippen LogP contribution in [0.1, 0.15) is 66.2 Å². The molecule has 3 amide bonds. The van der Waals surface area contributed by atoms with E-state index in [0.29, 0.717) is 25.1 Å². The van der Waals surface area contributed by atoms with Gasteiger partial charge in [-0.1, -0.05) is 30.3 Å². The number of carbonyl (C=O) groups excluding carboxylic acids is 3. The standard InChI is InChI=1S/C30H39N5O3/c1-20-16-21(8-9-22(20)18-33-12-14-34(15-13-33)30(2,3)4)17-31-24-7-5-6-23-19-35(29(38)27(23)24)25-10-11-26(36)32-28(25)37/h5-9,16,25,31H,10-15,17-19H2,1-4H3,(H,32,36,37). The van der Waals surface area contributed by atoms with E-state index in [1.807, 2.05) is 18.2 Å². The summed E-state index contributed by atoms with van der Waals surface area (Å²) in [7, 11) is 0. The van der Waals surface area contributed by atoms with E-state index >= 15 is 0 Å². The molecule has 1 atom stereocenters. The van der Waals surface area contributed by atoms with Crippen LogP contribution in [0.3, 0.4) is 0 Å².